The molecule has 184 valence electrons. The van der Waals surface area contributed by atoms with Gasteiger partial charge in [0, 0.05) is 36.2 Å². The molecule has 10 heteroatoms. The molecule has 3 aromatic rings. The highest BCUT2D eigenvalue weighted by atomic mass is 32.2. The third-order valence-electron chi connectivity index (χ3n) is 5.82. The number of halogens is 3. The lowest BCUT2D eigenvalue weighted by molar-refractivity contribution is -0.141. The number of carbonyl (C=O) groups excluding carboxylic acids is 1. The van der Waals surface area contributed by atoms with Crippen LogP contribution in [-0.2, 0) is 18.5 Å². The summed E-state index contributed by atoms with van der Waals surface area (Å²) in [6.45, 7) is 3.01. The lowest BCUT2D eigenvalue weighted by Crippen LogP contribution is -2.38. The summed E-state index contributed by atoms with van der Waals surface area (Å²) in [4.78, 5) is 26.7. The maximum absolute atomic E-state index is 13.5. The Bertz CT molecular complexity index is 1140. The van der Waals surface area contributed by atoms with Crippen LogP contribution in [0.3, 0.4) is 0 Å². The van der Waals surface area contributed by atoms with Crippen molar-refractivity contribution in [1.29, 1.82) is 0 Å². The number of piperidine rings is 1. The highest BCUT2D eigenvalue weighted by molar-refractivity contribution is 7.98. The quantitative estimate of drug-likeness (QED) is 0.341. The van der Waals surface area contributed by atoms with Gasteiger partial charge in [0.1, 0.15) is 5.82 Å². The predicted octanol–water partition coefficient (Wildman–Crippen LogP) is 5.49. The largest absolute Gasteiger partial charge is 0.433 e. The van der Waals surface area contributed by atoms with E-state index >= 15 is 0 Å². The molecule has 0 aliphatic carbocycles. The number of benzene rings is 1. The van der Waals surface area contributed by atoms with Gasteiger partial charge in [-0.3, -0.25) is 9.78 Å². The number of thioether (sulfide) groups is 1. The van der Waals surface area contributed by atoms with Gasteiger partial charge in [-0.1, -0.05) is 30.0 Å². The van der Waals surface area contributed by atoms with E-state index in [4.69, 9.17) is 0 Å². The minimum atomic E-state index is -4.55. The minimum Gasteiger partial charge on any atom is -0.354 e. The predicted molar refractivity (Wildman–Crippen MR) is 129 cm³/mol. The third kappa shape index (κ3) is 6.72. The monoisotopic (exact) mass is 501 g/mol. The fourth-order valence-electron chi connectivity index (χ4n) is 3.88. The number of alkyl halides is 3. The molecule has 1 N–H and O–H groups in total. The average Bonchev–Trinajstić information content (AvgIpc) is 2.86. The zero-order valence-electron chi connectivity index (χ0n) is 19.3. The normalized spacial score (nSPS) is 16.2. The fraction of sp³-hybridized carbons (Fsp3) is 0.360. The van der Waals surface area contributed by atoms with Gasteiger partial charge in [0.2, 0.25) is 0 Å². The van der Waals surface area contributed by atoms with Crippen LogP contribution >= 0.6 is 11.8 Å². The summed E-state index contributed by atoms with van der Waals surface area (Å²) in [5, 5.41) is 2.90. The molecule has 1 saturated heterocycles. The van der Waals surface area contributed by atoms with E-state index in [0.717, 1.165) is 48.3 Å². The van der Waals surface area contributed by atoms with Gasteiger partial charge in [-0.2, -0.15) is 13.2 Å². The van der Waals surface area contributed by atoms with Crippen LogP contribution in [0.2, 0.25) is 0 Å². The summed E-state index contributed by atoms with van der Waals surface area (Å²) in [5.74, 6) is 0.477. The van der Waals surface area contributed by atoms with E-state index in [1.54, 1.807) is 30.5 Å². The first kappa shape index (κ1) is 25.0. The van der Waals surface area contributed by atoms with Gasteiger partial charge in [0.15, 0.2) is 10.9 Å². The number of aromatic nitrogens is 3. The van der Waals surface area contributed by atoms with Crippen molar-refractivity contribution in [3.8, 4) is 0 Å². The van der Waals surface area contributed by atoms with Crippen LogP contribution in [0.1, 0.15) is 53.5 Å². The Kier molecular flexibility index (Phi) is 7.90. The van der Waals surface area contributed by atoms with Crippen molar-refractivity contribution in [1.82, 2.24) is 20.3 Å². The van der Waals surface area contributed by atoms with E-state index in [0.29, 0.717) is 30.2 Å². The first-order chi connectivity index (χ1) is 16.8. The number of hydrogen-bond acceptors (Lipinski definition) is 6. The van der Waals surface area contributed by atoms with Gasteiger partial charge in [0.05, 0.1) is 12.2 Å². The molecule has 0 saturated carbocycles. The van der Waals surface area contributed by atoms with Crippen molar-refractivity contribution >= 4 is 23.5 Å². The third-order valence-corrected chi connectivity index (χ3v) is 6.74. The molecule has 0 bridgehead atoms. The molecule has 2 aromatic heterocycles. The lowest BCUT2D eigenvalue weighted by atomic mass is 10.0. The smallest absolute Gasteiger partial charge is 0.354 e. The van der Waals surface area contributed by atoms with Crippen LogP contribution in [0, 0.1) is 0 Å². The van der Waals surface area contributed by atoms with Gasteiger partial charge in [-0.25, -0.2) is 9.97 Å². The topological polar surface area (TPSA) is 71.0 Å². The number of carbonyl (C=O) groups is 1. The second-order valence-corrected chi connectivity index (χ2v) is 9.36. The molecular formula is C25H26F3N5OS. The molecule has 1 amide bonds. The molecule has 1 atom stereocenters. The second kappa shape index (κ2) is 11.1. The molecule has 3 heterocycles. The van der Waals surface area contributed by atoms with E-state index in [1.807, 2.05) is 30.0 Å². The molecule has 6 nitrogen and oxygen atoms in total. The Hall–Kier alpha value is -3.14. The number of pyridine rings is 1. The number of rotatable bonds is 7. The molecule has 0 radical (unpaired) electrons. The Morgan fingerprint density at radius 2 is 1.94 bits per heavy atom. The number of amides is 1. The number of nitrogens with zero attached hydrogens (tertiary/aromatic N) is 4. The number of hydrogen-bond donors (Lipinski definition) is 1. The Labute approximate surface area is 206 Å². The van der Waals surface area contributed by atoms with Gasteiger partial charge in [-0.05, 0) is 56.0 Å². The van der Waals surface area contributed by atoms with Crippen molar-refractivity contribution in [2.75, 3.05) is 11.4 Å². The van der Waals surface area contributed by atoms with Crippen molar-refractivity contribution in [2.24, 2.45) is 0 Å². The van der Waals surface area contributed by atoms with Crippen LogP contribution in [0.15, 0.2) is 59.9 Å². The van der Waals surface area contributed by atoms with Crippen LogP contribution < -0.4 is 10.2 Å². The molecular weight excluding hydrogens is 475 g/mol. The molecule has 1 fully saturated rings. The number of nitrogens with one attached hydrogen (secondary N) is 1. The summed E-state index contributed by atoms with van der Waals surface area (Å²) < 4.78 is 40.5. The van der Waals surface area contributed by atoms with Crippen LogP contribution in [0.5, 0.6) is 0 Å². The molecule has 1 aliphatic heterocycles. The Morgan fingerprint density at radius 1 is 1.14 bits per heavy atom. The van der Waals surface area contributed by atoms with E-state index in [2.05, 4.69) is 20.3 Å². The Morgan fingerprint density at radius 3 is 2.63 bits per heavy atom. The average molecular weight is 502 g/mol. The molecule has 1 aromatic carbocycles. The molecule has 0 spiro atoms. The zero-order valence-corrected chi connectivity index (χ0v) is 20.1. The van der Waals surface area contributed by atoms with Crippen LogP contribution in [0.25, 0.3) is 0 Å². The van der Waals surface area contributed by atoms with E-state index in [9.17, 15) is 18.0 Å². The highest BCUT2D eigenvalue weighted by Crippen LogP contribution is 2.33. The maximum atomic E-state index is 13.5. The molecule has 35 heavy (non-hydrogen) atoms. The van der Waals surface area contributed by atoms with Gasteiger partial charge in [0.25, 0.3) is 5.91 Å². The van der Waals surface area contributed by atoms with Crippen molar-refractivity contribution in [3.05, 3.63) is 77.2 Å². The van der Waals surface area contributed by atoms with Crippen molar-refractivity contribution < 1.29 is 18.0 Å². The van der Waals surface area contributed by atoms with Gasteiger partial charge in [-0.15, -0.1) is 0 Å². The lowest BCUT2D eigenvalue weighted by Gasteiger charge is -2.34. The molecule has 1 unspecified atom stereocenters. The standard InChI is InChI=1S/C25H26F3N5OS/c1-17-6-3-5-13-33(17)22-14-21(25(26,27)28)31-24(32-22)35-16-18-8-10-19(11-9-18)23(34)30-15-20-7-2-4-12-29-20/h2,4,7-12,14,17H,3,5-6,13,15-16H2,1H3,(H,30,34). The summed E-state index contributed by atoms with van der Waals surface area (Å²) in [5.41, 5.74) is 1.17. The number of anilines is 1. The summed E-state index contributed by atoms with van der Waals surface area (Å²) in [6.07, 6.45) is 0.0393. The van der Waals surface area contributed by atoms with Crippen molar-refractivity contribution in [2.45, 2.75) is 55.9 Å². The van der Waals surface area contributed by atoms with Crippen molar-refractivity contribution in [3.63, 3.8) is 0 Å². The summed E-state index contributed by atoms with van der Waals surface area (Å²) in [6, 6.07) is 13.6. The maximum Gasteiger partial charge on any atom is 0.433 e. The first-order valence-electron chi connectivity index (χ1n) is 11.4. The molecule has 1 aliphatic rings. The van der Waals surface area contributed by atoms with E-state index in [1.165, 1.54) is 0 Å². The van der Waals surface area contributed by atoms with E-state index in [-0.39, 0.29) is 17.1 Å². The van der Waals surface area contributed by atoms with Crippen LogP contribution in [-0.4, -0.2) is 33.4 Å². The summed E-state index contributed by atoms with van der Waals surface area (Å²) in [7, 11) is 0. The fourth-order valence-corrected chi connectivity index (χ4v) is 4.69. The van der Waals surface area contributed by atoms with Gasteiger partial charge < -0.3 is 10.2 Å². The Balaban J connectivity index is 1.42. The summed E-state index contributed by atoms with van der Waals surface area (Å²) >= 11 is 1.15. The highest BCUT2D eigenvalue weighted by Gasteiger charge is 2.35. The van der Waals surface area contributed by atoms with Gasteiger partial charge >= 0.3 is 6.18 Å². The van der Waals surface area contributed by atoms with Crippen LogP contribution in [0.4, 0.5) is 19.0 Å². The first-order valence-corrected chi connectivity index (χ1v) is 12.4. The second-order valence-electron chi connectivity index (χ2n) is 8.42. The zero-order chi connectivity index (χ0) is 24.8. The van der Waals surface area contributed by atoms with E-state index < -0.39 is 11.9 Å². The molecule has 4 rings (SSSR count). The minimum absolute atomic E-state index is 0.0878. The SMILES string of the molecule is CC1CCCCN1c1cc(C(F)(F)F)nc(SCc2ccc(C(=O)NCc3ccccn3)cc2)n1.